The molecule has 25 heavy (non-hydrogen) atoms. The van der Waals surface area contributed by atoms with Crippen molar-refractivity contribution in [1.82, 2.24) is 19.8 Å². The van der Waals surface area contributed by atoms with Crippen molar-refractivity contribution in [2.75, 3.05) is 13.2 Å². The van der Waals surface area contributed by atoms with Crippen molar-refractivity contribution in [1.29, 1.82) is 0 Å². The van der Waals surface area contributed by atoms with Crippen molar-refractivity contribution in [2.24, 2.45) is 13.0 Å². The molecule has 0 bridgehead atoms. The Morgan fingerprint density at radius 3 is 2.76 bits per heavy atom. The summed E-state index contributed by atoms with van der Waals surface area (Å²) < 4.78 is 13.6. The van der Waals surface area contributed by atoms with Gasteiger partial charge in [-0.15, -0.1) is 0 Å². The van der Waals surface area contributed by atoms with E-state index in [1.165, 1.54) is 24.0 Å². The lowest BCUT2D eigenvalue weighted by atomic mass is 10.0. The lowest BCUT2D eigenvalue weighted by Gasteiger charge is -2.28. The summed E-state index contributed by atoms with van der Waals surface area (Å²) in [6.07, 6.45) is 9.15. The molecule has 136 valence electrons. The van der Waals surface area contributed by atoms with E-state index in [0.717, 1.165) is 49.9 Å². The van der Waals surface area contributed by atoms with Crippen LogP contribution in [0.15, 0.2) is 16.9 Å². The van der Waals surface area contributed by atoms with Crippen LogP contribution < -0.4 is 0 Å². The first kappa shape index (κ1) is 16.8. The van der Waals surface area contributed by atoms with Gasteiger partial charge in [0.1, 0.15) is 5.76 Å². The summed E-state index contributed by atoms with van der Waals surface area (Å²) in [6.45, 7) is 6.90. The molecule has 2 fully saturated rings. The second-order valence-electron chi connectivity index (χ2n) is 7.67. The standard InChI is InChI=1S/C19H28N4O2/c1-13-17(14(2)25-21-13)11-23-7-6-19(24-12-15-4-5-15)18(23)8-16-9-20-22(3)10-16/h9-10,15,18-19H,4-8,11-12H2,1-3H3/t18-,19-/m0/s1. The van der Waals surface area contributed by atoms with Crippen molar-refractivity contribution in [3.63, 3.8) is 0 Å². The Kier molecular flexibility index (Phi) is 4.65. The van der Waals surface area contributed by atoms with Crippen molar-refractivity contribution < 1.29 is 9.26 Å². The Labute approximate surface area is 149 Å². The fourth-order valence-corrected chi connectivity index (χ4v) is 3.83. The molecule has 1 aliphatic carbocycles. The Balaban J connectivity index is 1.49. The van der Waals surface area contributed by atoms with Crippen LogP contribution in [0.1, 0.15) is 41.8 Å². The summed E-state index contributed by atoms with van der Waals surface area (Å²) in [7, 11) is 1.97. The maximum Gasteiger partial charge on any atom is 0.138 e. The molecule has 1 saturated carbocycles. The summed E-state index contributed by atoms with van der Waals surface area (Å²) in [4.78, 5) is 2.54. The van der Waals surface area contributed by atoms with Gasteiger partial charge in [0.2, 0.25) is 0 Å². The predicted octanol–water partition coefficient (Wildman–Crippen LogP) is 2.64. The van der Waals surface area contributed by atoms with Gasteiger partial charge in [-0.25, -0.2) is 0 Å². The first-order valence-electron chi connectivity index (χ1n) is 9.35. The summed E-state index contributed by atoms with van der Waals surface area (Å²) >= 11 is 0. The number of aryl methyl sites for hydroxylation is 3. The number of rotatable bonds is 7. The van der Waals surface area contributed by atoms with E-state index in [-0.39, 0.29) is 0 Å². The first-order valence-corrected chi connectivity index (χ1v) is 9.35. The van der Waals surface area contributed by atoms with E-state index < -0.39 is 0 Å². The normalized spacial score (nSPS) is 24.3. The van der Waals surface area contributed by atoms with Crippen LogP contribution in [-0.2, 0) is 24.8 Å². The van der Waals surface area contributed by atoms with Crippen molar-refractivity contribution >= 4 is 0 Å². The van der Waals surface area contributed by atoms with Crippen LogP contribution >= 0.6 is 0 Å². The second-order valence-corrected chi connectivity index (χ2v) is 7.67. The van der Waals surface area contributed by atoms with Crippen molar-refractivity contribution in [3.05, 3.63) is 35.0 Å². The average Bonchev–Trinajstić information content (AvgIpc) is 3.11. The molecule has 0 aromatic carbocycles. The van der Waals surface area contributed by atoms with Crippen LogP contribution in [0.5, 0.6) is 0 Å². The van der Waals surface area contributed by atoms with Crippen LogP contribution in [-0.4, -0.2) is 45.1 Å². The summed E-state index contributed by atoms with van der Waals surface area (Å²) in [5, 5.41) is 8.44. The molecule has 0 amide bonds. The van der Waals surface area contributed by atoms with Gasteiger partial charge in [-0.1, -0.05) is 5.16 Å². The number of ether oxygens (including phenoxy) is 1. The van der Waals surface area contributed by atoms with Crippen LogP contribution in [0.2, 0.25) is 0 Å². The Bertz CT molecular complexity index is 699. The minimum Gasteiger partial charge on any atom is -0.376 e. The first-order chi connectivity index (χ1) is 12.1. The number of hydrogen-bond acceptors (Lipinski definition) is 5. The molecule has 3 heterocycles. The quantitative estimate of drug-likeness (QED) is 0.773. The van der Waals surface area contributed by atoms with E-state index in [1.807, 2.05) is 31.8 Å². The average molecular weight is 344 g/mol. The van der Waals surface area contributed by atoms with Gasteiger partial charge in [0.15, 0.2) is 0 Å². The van der Waals surface area contributed by atoms with Gasteiger partial charge in [0.25, 0.3) is 0 Å². The van der Waals surface area contributed by atoms with Gasteiger partial charge in [0, 0.05) is 44.5 Å². The van der Waals surface area contributed by atoms with Crippen molar-refractivity contribution in [3.8, 4) is 0 Å². The number of likely N-dealkylation sites (tertiary alicyclic amines) is 1. The third kappa shape index (κ3) is 3.80. The molecule has 2 atom stereocenters. The van der Waals surface area contributed by atoms with Gasteiger partial charge < -0.3 is 9.26 Å². The summed E-state index contributed by atoms with van der Waals surface area (Å²) in [6, 6.07) is 0.386. The van der Waals surface area contributed by atoms with Crippen LogP contribution in [0.3, 0.4) is 0 Å². The van der Waals surface area contributed by atoms with Crippen LogP contribution in [0, 0.1) is 19.8 Å². The molecular formula is C19H28N4O2. The molecule has 1 saturated heterocycles. The molecule has 4 rings (SSSR count). The van der Waals surface area contributed by atoms with E-state index in [4.69, 9.17) is 9.26 Å². The molecule has 6 nitrogen and oxygen atoms in total. The maximum atomic E-state index is 6.32. The fraction of sp³-hybridized carbons (Fsp3) is 0.684. The van der Waals surface area contributed by atoms with E-state index in [0.29, 0.717) is 12.1 Å². The molecular weight excluding hydrogens is 316 g/mol. The molecule has 0 radical (unpaired) electrons. The number of aromatic nitrogens is 3. The van der Waals surface area contributed by atoms with E-state index in [9.17, 15) is 0 Å². The molecule has 2 aromatic rings. The Hall–Kier alpha value is -1.66. The highest BCUT2D eigenvalue weighted by molar-refractivity contribution is 5.21. The highest BCUT2D eigenvalue weighted by Crippen LogP contribution is 2.32. The number of hydrogen-bond donors (Lipinski definition) is 0. The van der Waals surface area contributed by atoms with Crippen LogP contribution in [0.4, 0.5) is 0 Å². The largest absolute Gasteiger partial charge is 0.376 e. The van der Waals surface area contributed by atoms with E-state index in [2.05, 4.69) is 21.4 Å². The zero-order valence-electron chi connectivity index (χ0n) is 15.4. The monoisotopic (exact) mass is 344 g/mol. The zero-order valence-corrected chi connectivity index (χ0v) is 15.4. The third-order valence-corrected chi connectivity index (χ3v) is 5.59. The molecule has 1 aliphatic heterocycles. The smallest absolute Gasteiger partial charge is 0.138 e. The van der Waals surface area contributed by atoms with Crippen molar-refractivity contribution in [2.45, 2.75) is 58.2 Å². The molecule has 2 aliphatic rings. The van der Waals surface area contributed by atoms with E-state index in [1.54, 1.807) is 0 Å². The van der Waals surface area contributed by atoms with Gasteiger partial charge in [-0.2, -0.15) is 5.10 Å². The van der Waals surface area contributed by atoms with Crippen LogP contribution in [0.25, 0.3) is 0 Å². The predicted molar refractivity (Wildman–Crippen MR) is 94.2 cm³/mol. The minimum atomic E-state index is 0.307. The molecule has 0 N–H and O–H groups in total. The minimum absolute atomic E-state index is 0.307. The third-order valence-electron chi connectivity index (χ3n) is 5.59. The molecule has 2 aromatic heterocycles. The lowest BCUT2D eigenvalue weighted by molar-refractivity contribution is 0.0196. The molecule has 0 unspecified atom stereocenters. The topological polar surface area (TPSA) is 56.3 Å². The van der Waals surface area contributed by atoms with Gasteiger partial charge in [-0.3, -0.25) is 9.58 Å². The zero-order chi connectivity index (χ0) is 17.4. The lowest BCUT2D eigenvalue weighted by Crippen LogP contribution is -2.38. The molecule has 0 spiro atoms. The van der Waals surface area contributed by atoms with E-state index >= 15 is 0 Å². The second kappa shape index (κ2) is 6.92. The fourth-order valence-electron chi connectivity index (χ4n) is 3.83. The van der Waals surface area contributed by atoms with Gasteiger partial charge in [0.05, 0.1) is 18.0 Å². The Morgan fingerprint density at radius 2 is 2.12 bits per heavy atom. The summed E-state index contributed by atoms with van der Waals surface area (Å²) in [5.74, 6) is 1.73. The highest BCUT2D eigenvalue weighted by Gasteiger charge is 2.37. The molecule has 6 heteroatoms. The Morgan fingerprint density at radius 1 is 1.28 bits per heavy atom. The SMILES string of the molecule is Cc1noc(C)c1CN1CC[C@H](OCC2CC2)[C@@H]1Cc1cnn(C)c1. The maximum absolute atomic E-state index is 6.32. The van der Waals surface area contributed by atoms with Gasteiger partial charge in [-0.05, 0) is 51.0 Å². The number of nitrogens with zero attached hydrogens (tertiary/aromatic N) is 4. The summed E-state index contributed by atoms with van der Waals surface area (Å²) in [5.41, 5.74) is 3.50. The highest BCUT2D eigenvalue weighted by atomic mass is 16.5. The van der Waals surface area contributed by atoms with Gasteiger partial charge >= 0.3 is 0 Å².